The monoisotopic (exact) mass is 231 g/mol. The van der Waals surface area contributed by atoms with Gasteiger partial charge >= 0.3 is 0 Å². The second-order valence-electron chi connectivity index (χ2n) is 4.67. The molecule has 90 valence electrons. The molecule has 0 bridgehead atoms. The van der Waals surface area contributed by atoms with E-state index in [0.29, 0.717) is 5.92 Å². The molecule has 2 heterocycles. The van der Waals surface area contributed by atoms with Crippen LogP contribution in [0.15, 0.2) is 30.6 Å². The van der Waals surface area contributed by atoms with Crippen molar-refractivity contribution >= 4 is 11.0 Å². The van der Waals surface area contributed by atoms with Crippen LogP contribution in [-0.2, 0) is 11.3 Å². The summed E-state index contributed by atoms with van der Waals surface area (Å²) in [4.78, 5) is 4.37. The number of aromatic nitrogens is 2. The third-order valence-electron chi connectivity index (χ3n) is 3.51. The fourth-order valence-corrected chi connectivity index (χ4v) is 2.42. The van der Waals surface area contributed by atoms with Gasteiger partial charge in [0.05, 0.1) is 24.0 Å². The molecule has 0 spiro atoms. The van der Waals surface area contributed by atoms with Crippen LogP contribution >= 0.6 is 0 Å². The maximum absolute atomic E-state index is 6.23. The number of hydrogen-bond acceptors (Lipinski definition) is 3. The number of imidazole rings is 1. The minimum atomic E-state index is 0.148. The van der Waals surface area contributed by atoms with E-state index < -0.39 is 0 Å². The first-order valence-electron chi connectivity index (χ1n) is 6.08. The Balaban J connectivity index is 1.80. The van der Waals surface area contributed by atoms with Crippen LogP contribution in [0.3, 0.4) is 0 Å². The molecule has 0 radical (unpaired) electrons. The van der Waals surface area contributed by atoms with E-state index in [0.717, 1.165) is 37.2 Å². The van der Waals surface area contributed by atoms with Gasteiger partial charge < -0.3 is 15.0 Å². The molecule has 2 N–H and O–H groups in total. The Morgan fingerprint density at radius 2 is 2.35 bits per heavy atom. The molecule has 1 fully saturated rings. The zero-order chi connectivity index (χ0) is 11.7. The van der Waals surface area contributed by atoms with Gasteiger partial charge in [0.15, 0.2) is 0 Å². The van der Waals surface area contributed by atoms with Crippen LogP contribution < -0.4 is 5.73 Å². The molecule has 2 unspecified atom stereocenters. The number of fused-ring (bicyclic) bond motifs is 1. The average molecular weight is 231 g/mol. The summed E-state index contributed by atoms with van der Waals surface area (Å²) in [7, 11) is 0. The lowest BCUT2D eigenvalue weighted by atomic mass is 10.00. The lowest BCUT2D eigenvalue weighted by molar-refractivity contribution is 0.179. The van der Waals surface area contributed by atoms with Gasteiger partial charge in [0.25, 0.3) is 0 Å². The predicted octanol–water partition coefficient (Wildman–Crippen LogP) is 1.40. The minimum Gasteiger partial charge on any atom is -0.381 e. The molecule has 1 saturated heterocycles. The van der Waals surface area contributed by atoms with E-state index in [9.17, 15) is 0 Å². The highest BCUT2D eigenvalue weighted by molar-refractivity contribution is 5.74. The Labute approximate surface area is 100 Å². The van der Waals surface area contributed by atoms with E-state index in [1.807, 2.05) is 24.5 Å². The summed E-state index contributed by atoms with van der Waals surface area (Å²) in [5.41, 5.74) is 8.42. The van der Waals surface area contributed by atoms with E-state index in [4.69, 9.17) is 10.5 Å². The van der Waals surface area contributed by atoms with E-state index in [2.05, 4.69) is 15.6 Å². The fraction of sp³-hybridized carbons (Fsp3) is 0.462. The van der Waals surface area contributed by atoms with Gasteiger partial charge in [-0.15, -0.1) is 0 Å². The number of nitrogens with two attached hydrogens (primary N) is 1. The standard InChI is InChI=1S/C13H17N3O/c14-11(10-5-6-17-8-10)7-16-9-15-12-3-1-2-4-13(12)16/h1-4,9-11H,5-8,14H2. The van der Waals surface area contributed by atoms with Gasteiger partial charge in [-0.1, -0.05) is 12.1 Å². The smallest absolute Gasteiger partial charge is 0.0958 e. The topological polar surface area (TPSA) is 53.1 Å². The van der Waals surface area contributed by atoms with Gasteiger partial charge in [0, 0.05) is 25.1 Å². The molecular formula is C13H17N3O. The molecule has 0 aliphatic carbocycles. The van der Waals surface area contributed by atoms with Gasteiger partial charge in [-0.2, -0.15) is 0 Å². The van der Waals surface area contributed by atoms with E-state index in [1.54, 1.807) is 0 Å². The molecule has 3 rings (SSSR count). The number of para-hydroxylation sites is 2. The lowest BCUT2D eigenvalue weighted by Gasteiger charge is -2.18. The van der Waals surface area contributed by atoms with Crippen molar-refractivity contribution in [3.05, 3.63) is 30.6 Å². The molecule has 17 heavy (non-hydrogen) atoms. The average Bonchev–Trinajstić information content (AvgIpc) is 2.98. The summed E-state index contributed by atoms with van der Waals surface area (Å²) in [5, 5.41) is 0. The predicted molar refractivity (Wildman–Crippen MR) is 66.6 cm³/mol. The van der Waals surface area contributed by atoms with Crippen LogP contribution in [0.25, 0.3) is 11.0 Å². The molecule has 2 atom stereocenters. The van der Waals surface area contributed by atoms with Gasteiger partial charge in [0.1, 0.15) is 0 Å². The summed E-state index contributed by atoms with van der Waals surface area (Å²) >= 11 is 0. The van der Waals surface area contributed by atoms with Crippen LogP contribution in [0.5, 0.6) is 0 Å². The number of rotatable bonds is 3. The van der Waals surface area contributed by atoms with Crippen molar-refractivity contribution in [3.63, 3.8) is 0 Å². The van der Waals surface area contributed by atoms with Crippen molar-refractivity contribution in [1.82, 2.24) is 9.55 Å². The molecule has 1 aromatic carbocycles. The molecule has 2 aromatic rings. The van der Waals surface area contributed by atoms with Gasteiger partial charge in [0.2, 0.25) is 0 Å². The third-order valence-corrected chi connectivity index (χ3v) is 3.51. The van der Waals surface area contributed by atoms with E-state index >= 15 is 0 Å². The molecule has 0 saturated carbocycles. The Hall–Kier alpha value is -1.39. The zero-order valence-electron chi connectivity index (χ0n) is 9.75. The fourth-order valence-electron chi connectivity index (χ4n) is 2.42. The summed E-state index contributed by atoms with van der Waals surface area (Å²) in [6.45, 7) is 2.46. The SMILES string of the molecule is NC(Cn1cnc2ccccc21)C1CCOC1. The maximum Gasteiger partial charge on any atom is 0.0958 e. The van der Waals surface area contributed by atoms with Crippen LogP contribution in [0.4, 0.5) is 0 Å². The van der Waals surface area contributed by atoms with E-state index in [-0.39, 0.29) is 6.04 Å². The Kier molecular flexibility index (Phi) is 2.82. The minimum absolute atomic E-state index is 0.148. The van der Waals surface area contributed by atoms with Gasteiger partial charge in [-0.25, -0.2) is 4.98 Å². The highest BCUT2D eigenvalue weighted by atomic mass is 16.5. The summed E-state index contributed by atoms with van der Waals surface area (Å²) in [6.07, 6.45) is 2.95. The molecular weight excluding hydrogens is 214 g/mol. The lowest BCUT2D eigenvalue weighted by Crippen LogP contribution is -2.34. The molecule has 1 aromatic heterocycles. The summed E-state index contributed by atoms with van der Waals surface area (Å²) < 4.78 is 7.52. The van der Waals surface area contributed by atoms with Gasteiger partial charge in [-0.05, 0) is 18.6 Å². The first-order valence-corrected chi connectivity index (χ1v) is 6.08. The molecule has 1 aliphatic rings. The van der Waals surface area contributed by atoms with Crippen LogP contribution in [-0.4, -0.2) is 28.8 Å². The van der Waals surface area contributed by atoms with Crippen molar-refractivity contribution in [2.45, 2.75) is 19.0 Å². The third kappa shape index (κ3) is 2.06. The Morgan fingerprint density at radius 1 is 1.47 bits per heavy atom. The number of ether oxygens (including phenoxy) is 1. The van der Waals surface area contributed by atoms with Crippen molar-refractivity contribution in [2.24, 2.45) is 11.7 Å². The van der Waals surface area contributed by atoms with Crippen molar-refractivity contribution in [2.75, 3.05) is 13.2 Å². The zero-order valence-corrected chi connectivity index (χ0v) is 9.75. The number of nitrogens with zero attached hydrogens (tertiary/aromatic N) is 2. The molecule has 0 amide bonds. The Bertz CT molecular complexity index is 502. The van der Waals surface area contributed by atoms with Crippen molar-refractivity contribution in [1.29, 1.82) is 0 Å². The van der Waals surface area contributed by atoms with Crippen LogP contribution in [0.2, 0.25) is 0 Å². The number of benzene rings is 1. The normalized spacial score (nSPS) is 22.1. The first kappa shape index (κ1) is 10.7. The molecule has 4 nitrogen and oxygen atoms in total. The molecule has 1 aliphatic heterocycles. The number of hydrogen-bond donors (Lipinski definition) is 1. The Morgan fingerprint density at radius 3 is 3.18 bits per heavy atom. The first-order chi connectivity index (χ1) is 8.34. The second kappa shape index (κ2) is 4.47. The second-order valence-corrected chi connectivity index (χ2v) is 4.67. The maximum atomic E-state index is 6.23. The van der Waals surface area contributed by atoms with E-state index in [1.165, 1.54) is 0 Å². The highest BCUT2D eigenvalue weighted by Crippen LogP contribution is 2.18. The largest absolute Gasteiger partial charge is 0.381 e. The molecule has 4 heteroatoms. The highest BCUT2D eigenvalue weighted by Gasteiger charge is 2.23. The van der Waals surface area contributed by atoms with Crippen LogP contribution in [0.1, 0.15) is 6.42 Å². The van der Waals surface area contributed by atoms with Gasteiger partial charge in [-0.3, -0.25) is 0 Å². The van der Waals surface area contributed by atoms with Crippen molar-refractivity contribution < 1.29 is 4.74 Å². The van der Waals surface area contributed by atoms with Crippen molar-refractivity contribution in [3.8, 4) is 0 Å². The summed E-state index contributed by atoms with van der Waals surface area (Å²) in [6, 6.07) is 8.29. The summed E-state index contributed by atoms with van der Waals surface area (Å²) in [5.74, 6) is 0.483. The quantitative estimate of drug-likeness (QED) is 0.868. The van der Waals surface area contributed by atoms with Crippen LogP contribution in [0, 0.1) is 5.92 Å².